The molecule has 4 heteroatoms. The first-order valence-electron chi connectivity index (χ1n) is 13.7. The van der Waals surface area contributed by atoms with Gasteiger partial charge in [-0.2, -0.15) is 0 Å². The molecule has 0 saturated carbocycles. The predicted octanol–water partition coefficient (Wildman–Crippen LogP) is 8.39. The van der Waals surface area contributed by atoms with E-state index >= 15 is 0 Å². The highest BCUT2D eigenvalue weighted by molar-refractivity contribution is 5.84. The van der Waals surface area contributed by atoms with E-state index in [0.717, 1.165) is 30.2 Å². The molecule has 5 rings (SSSR count). The summed E-state index contributed by atoms with van der Waals surface area (Å²) < 4.78 is 0. The van der Waals surface area contributed by atoms with E-state index in [-0.39, 0.29) is 6.17 Å². The van der Waals surface area contributed by atoms with Crippen LogP contribution < -0.4 is 9.80 Å². The van der Waals surface area contributed by atoms with Gasteiger partial charge in [0.05, 0.1) is 6.20 Å². The molecular weight excluding hydrogens is 440 g/mol. The van der Waals surface area contributed by atoms with Crippen LogP contribution in [-0.2, 0) is 0 Å². The van der Waals surface area contributed by atoms with Crippen LogP contribution >= 0.6 is 0 Å². The van der Waals surface area contributed by atoms with Crippen molar-refractivity contribution in [3.05, 3.63) is 77.5 Å². The van der Waals surface area contributed by atoms with Gasteiger partial charge in [-0.05, 0) is 65.3 Å². The molecule has 0 amide bonds. The maximum atomic E-state index is 5.34. The number of nitrogens with zero attached hydrogens (tertiary/aromatic N) is 4. The van der Waals surface area contributed by atoms with E-state index in [1.807, 2.05) is 6.20 Å². The zero-order chi connectivity index (χ0) is 25.6. The molecule has 36 heavy (non-hydrogen) atoms. The third-order valence-corrected chi connectivity index (χ3v) is 8.17. The Morgan fingerprint density at radius 3 is 2.17 bits per heavy atom. The second kappa shape index (κ2) is 9.72. The van der Waals surface area contributed by atoms with Crippen LogP contribution in [0.4, 0.5) is 17.2 Å². The topological polar surface area (TPSA) is 32.3 Å². The number of likely N-dealkylation sites (N-methyl/N-ethyl adjacent to an activating group) is 1. The lowest BCUT2D eigenvalue weighted by Crippen LogP contribution is -2.38. The Morgan fingerprint density at radius 1 is 0.833 bits per heavy atom. The fourth-order valence-electron chi connectivity index (χ4n) is 6.21. The number of fused-ring (bicyclic) bond motifs is 5. The van der Waals surface area contributed by atoms with Gasteiger partial charge >= 0.3 is 0 Å². The van der Waals surface area contributed by atoms with Gasteiger partial charge in [-0.1, -0.05) is 84.0 Å². The van der Waals surface area contributed by atoms with E-state index in [2.05, 4.69) is 113 Å². The molecule has 0 saturated heterocycles. The van der Waals surface area contributed by atoms with Crippen LogP contribution in [-0.4, -0.2) is 23.2 Å². The summed E-state index contributed by atoms with van der Waals surface area (Å²) in [6, 6.07) is 15.6. The van der Waals surface area contributed by atoms with E-state index in [9.17, 15) is 0 Å². The van der Waals surface area contributed by atoms with Crippen molar-refractivity contribution in [2.75, 3.05) is 16.8 Å². The van der Waals surface area contributed by atoms with Crippen molar-refractivity contribution in [3.8, 4) is 11.4 Å². The van der Waals surface area contributed by atoms with Gasteiger partial charge in [0, 0.05) is 18.3 Å². The fraction of sp³-hybridized carbons (Fsp3) is 0.438. The average Bonchev–Trinajstić information content (AvgIpc) is 3.15. The molecular formula is C32H40N4. The van der Waals surface area contributed by atoms with E-state index in [1.165, 1.54) is 27.9 Å². The van der Waals surface area contributed by atoms with Gasteiger partial charge in [0.15, 0.2) is 11.6 Å². The standard InChI is InChI=1S/C32H40N4/c1-8-22-17-18-29-35(7)28-19-33-31(30-24(20(3)4)14-12-15-25(30)21(5)6)34-32(28)36(29)27-16-11-10-13-26(27)23(22)9-2/h10-23,29H,8-9H2,1-7H3. The zero-order valence-corrected chi connectivity index (χ0v) is 22.9. The first-order valence-corrected chi connectivity index (χ1v) is 13.7. The van der Waals surface area contributed by atoms with Crippen molar-refractivity contribution >= 4 is 17.2 Å². The van der Waals surface area contributed by atoms with E-state index in [4.69, 9.17) is 9.97 Å². The lowest BCUT2D eigenvalue weighted by molar-refractivity contribution is 0.474. The monoisotopic (exact) mass is 480 g/mol. The SMILES string of the molecule is CCC1C=CC2N(C)c3cnc(-c4c(C(C)C)cccc4C(C)C)nc3N2c2ccccc2C1CC. The molecule has 3 unspecified atom stereocenters. The second-order valence-electron chi connectivity index (χ2n) is 10.9. The molecule has 0 fully saturated rings. The third-order valence-electron chi connectivity index (χ3n) is 8.17. The van der Waals surface area contributed by atoms with Crippen LogP contribution in [0, 0.1) is 5.92 Å². The summed E-state index contributed by atoms with van der Waals surface area (Å²) in [6.07, 6.45) is 9.21. The molecule has 2 aromatic carbocycles. The Kier molecular flexibility index (Phi) is 6.63. The van der Waals surface area contributed by atoms with Crippen LogP contribution in [0.3, 0.4) is 0 Å². The smallest absolute Gasteiger partial charge is 0.162 e. The van der Waals surface area contributed by atoms with Crippen molar-refractivity contribution in [1.82, 2.24) is 9.97 Å². The largest absolute Gasteiger partial charge is 0.346 e. The molecule has 0 aliphatic carbocycles. The van der Waals surface area contributed by atoms with Crippen molar-refractivity contribution < 1.29 is 0 Å². The van der Waals surface area contributed by atoms with E-state index in [1.54, 1.807) is 0 Å². The lowest BCUT2D eigenvalue weighted by Gasteiger charge is -2.35. The fourth-order valence-corrected chi connectivity index (χ4v) is 6.21. The van der Waals surface area contributed by atoms with Crippen molar-refractivity contribution in [3.63, 3.8) is 0 Å². The Bertz CT molecular complexity index is 1250. The number of rotatable bonds is 5. The van der Waals surface area contributed by atoms with Crippen molar-refractivity contribution in [2.24, 2.45) is 5.92 Å². The van der Waals surface area contributed by atoms with Crippen LogP contribution in [0.5, 0.6) is 0 Å². The summed E-state index contributed by atoms with van der Waals surface area (Å²) in [5.41, 5.74) is 7.61. The average molecular weight is 481 g/mol. The first kappa shape index (κ1) is 24.5. The van der Waals surface area contributed by atoms with E-state index in [0.29, 0.717) is 23.7 Å². The number of anilines is 3. The maximum absolute atomic E-state index is 5.34. The minimum absolute atomic E-state index is 0.0856. The van der Waals surface area contributed by atoms with Crippen molar-refractivity contribution in [1.29, 1.82) is 0 Å². The number of para-hydroxylation sites is 1. The summed E-state index contributed by atoms with van der Waals surface area (Å²) in [5.74, 6) is 3.65. The van der Waals surface area contributed by atoms with Gasteiger partial charge < -0.3 is 4.90 Å². The number of benzene rings is 2. The minimum atomic E-state index is 0.0856. The molecule has 3 heterocycles. The molecule has 0 spiro atoms. The molecule has 2 aliphatic rings. The van der Waals surface area contributed by atoms with E-state index < -0.39 is 0 Å². The summed E-state index contributed by atoms with van der Waals surface area (Å²) in [6.45, 7) is 13.7. The maximum Gasteiger partial charge on any atom is 0.162 e. The van der Waals surface area contributed by atoms with Gasteiger partial charge in [0.25, 0.3) is 0 Å². The Balaban J connectivity index is 1.73. The number of hydrogen-bond donors (Lipinski definition) is 0. The Labute approximate surface area is 217 Å². The first-order chi connectivity index (χ1) is 17.4. The Morgan fingerprint density at radius 2 is 1.53 bits per heavy atom. The molecule has 0 radical (unpaired) electrons. The number of aromatic nitrogens is 2. The normalized spacial score (nSPS) is 20.9. The molecule has 0 N–H and O–H groups in total. The van der Waals surface area contributed by atoms with Crippen LogP contribution in [0.1, 0.15) is 88.8 Å². The predicted molar refractivity (Wildman–Crippen MR) is 152 cm³/mol. The third kappa shape index (κ3) is 3.91. The molecule has 0 bridgehead atoms. The van der Waals surface area contributed by atoms with Crippen LogP contribution in [0.15, 0.2) is 60.8 Å². The number of allylic oxidation sites excluding steroid dienone is 1. The summed E-state index contributed by atoms with van der Waals surface area (Å²) >= 11 is 0. The quantitative estimate of drug-likeness (QED) is 0.343. The van der Waals surface area contributed by atoms with Gasteiger partial charge in [-0.15, -0.1) is 0 Å². The molecule has 2 aliphatic heterocycles. The second-order valence-corrected chi connectivity index (χ2v) is 10.9. The van der Waals surface area contributed by atoms with Gasteiger partial charge in [-0.25, -0.2) is 9.97 Å². The highest BCUT2D eigenvalue weighted by Gasteiger charge is 2.39. The summed E-state index contributed by atoms with van der Waals surface area (Å²) in [5, 5.41) is 0. The highest BCUT2D eigenvalue weighted by Crippen LogP contribution is 2.49. The molecule has 4 nitrogen and oxygen atoms in total. The van der Waals surface area contributed by atoms with Gasteiger partial charge in [-0.3, -0.25) is 4.90 Å². The summed E-state index contributed by atoms with van der Waals surface area (Å²) in [4.78, 5) is 15.1. The van der Waals surface area contributed by atoms with Gasteiger partial charge in [0.1, 0.15) is 11.9 Å². The van der Waals surface area contributed by atoms with Gasteiger partial charge in [0.2, 0.25) is 0 Å². The minimum Gasteiger partial charge on any atom is -0.346 e. The molecule has 3 aromatic rings. The summed E-state index contributed by atoms with van der Waals surface area (Å²) in [7, 11) is 2.17. The van der Waals surface area contributed by atoms with Crippen LogP contribution in [0.2, 0.25) is 0 Å². The Hall–Kier alpha value is -3.14. The van der Waals surface area contributed by atoms with Crippen LogP contribution in [0.25, 0.3) is 11.4 Å². The number of hydrogen-bond acceptors (Lipinski definition) is 4. The highest BCUT2D eigenvalue weighted by atomic mass is 15.4. The van der Waals surface area contributed by atoms with Crippen molar-refractivity contribution in [2.45, 2.75) is 78.3 Å². The lowest BCUT2D eigenvalue weighted by atomic mass is 9.80. The molecule has 188 valence electrons. The molecule has 1 aromatic heterocycles. The molecule has 3 atom stereocenters. The zero-order valence-electron chi connectivity index (χ0n) is 22.9.